The lowest BCUT2D eigenvalue weighted by Gasteiger charge is -2.10. The number of thioether (sulfide) groups is 1. The first-order chi connectivity index (χ1) is 6.45. The van der Waals surface area contributed by atoms with Crippen molar-refractivity contribution in [3.63, 3.8) is 0 Å². The van der Waals surface area contributed by atoms with E-state index in [1.54, 1.807) is 0 Å². The van der Waals surface area contributed by atoms with Crippen LogP contribution in [0.3, 0.4) is 0 Å². The van der Waals surface area contributed by atoms with Crippen molar-refractivity contribution < 1.29 is 0 Å². The lowest BCUT2D eigenvalue weighted by atomic mass is 10.2. The molecule has 0 amide bonds. The first-order valence-electron chi connectivity index (χ1n) is 4.37. The van der Waals surface area contributed by atoms with Gasteiger partial charge in [0.05, 0.1) is 5.25 Å². The predicted octanol–water partition coefficient (Wildman–Crippen LogP) is 3.83. The highest BCUT2D eigenvalue weighted by molar-refractivity contribution is 8.02. The number of rotatable bonds is 2. The summed E-state index contributed by atoms with van der Waals surface area (Å²) in [5, 5.41) is 1.41. The zero-order valence-corrected chi connectivity index (χ0v) is 8.13. The molecule has 13 heavy (non-hydrogen) atoms. The molecule has 0 saturated heterocycles. The van der Waals surface area contributed by atoms with E-state index in [1.165, 1.54) is 10.1 Å². The molecule has 65 valence electrons. The zero-order chi connectivity index (χ0) is 8.93. The minimum absolute atomic E-state index is 1.07. The molecule has 1 aliphatic carbocycles. The molecule has 0 fully saturated rings. The fourth-order valence-corrected chi connectivity index (χ4v) is 2.13. The van der Waals surface area contributed by atoms with Crippen LogP contribution in [0.2, 0.25) is 0 Å². The zero-order valence-electron chi connectivity index (χ0n) is 7.31. The van der Waals surface area contributed by atoms with Crippen molar-refractivity contribution >= 4 is 11.8 Å². The molecule has 0 unspecified atom stereocenters. The molecule has 2 rings (SSSR count). The Morgan fingerprint density at radius 1 is 1.00 bits per heavy atom. The Balaban J connectivity index is 1.99. The second-order valence-corrected chi connectivity index (χ2v) is 4.07. The van der Waals surface area contributed by atoms with Gasteiger partial charge in [-0.2, -0.15) is 0 Å². The lowest BCUT2D eigenvalue weighted by Crippen LogP contribution is -1.88. The van der Waals surface area contributed by atoms with Gasteiger partial charge in [0.15, 0.2) is 0 Å². The molecule has 0 N–H and O–H groups in total. The van der Waals surface area contributed by atoms with Crippen LogP contribution in [0.4, 0.5) is 0 Å². The summed E-state index contributed by atoms with van der Waals surface area (Å²) in [6, 6.07) is 10.5. The average molecular weight is 187 g/mol. The largest absolute Gasteiger partial charge is 0.113 e. The maximum atomic E-state index is 2.19. The fourth-order valence-electron chi connectivity index (χ4n) is 1.21. The Bertz CT molecular complexity index is 311. The van der Waals surface area contributed by atoms with Gasteiger partial charge in [0.1, 0.15) is 0 Å². The second-order valence-electron chi connectivity index (χ2n) is 2.87. The summed E-state index contributed by atoms with van der Waals surface area (Å²) in [5.74, 6) is 0. The van der Waals surface area contributed by atoms with E-state index in [0.29, 0.717) is 0 Å². The summed E-state index contributed by atoms with van der Waals surface area (Å²) in [7, 11) is 0. The highest BCUT2D eigenvalue weighted by Crippen LogP contribution is 2.33. The Morgan fingerprint density at radius 3 is 2.54 bits per heavy atom. The number of hydrogen-bond donors (Lipinski definition) is 0. The van der Waals surface area contributed by atoms with Crippen LogP contribution in [0, 0.1) is 5.25 Å². The van der Waals surface area contributed by atoms with E-state index < -0.39 is 0 Å². The van der Waals surface area contributed by atoms with Crippen molar-refractivity contribution in [1.82, 2.24) is 0 Å². The van der Waals surface area contributed by atoms with Crippen molar-refractivity contribution in [1.29, 1.82) is 0 Å². The molecular weight excluding hydrogens is 176 g/mol. The van der Waals surface area contributed by atoms with Crippen LogP contribution in [0.5, 0.6) is 0 Å². The first kappa shape index (κ1) is 8.64. The number of benzene rings is 1. The SMILES string of the molecule is C1=CC[C](Sc2ccccc2)C=C1. The van der Waals surface area contributed by atoms with Gasteiger partial charge in [0.2, 0.25) is 0 Å². The van der Waals surface area contributed by atoms with Gasteiger partial charge in [-0.05, 0) is 18.6 Å². The summed E-state index contributed by atoms with van der Waals surface area (Å²) in [5.41, 5.74) is 0. The van der Waals surface area contributed by atoms with Gasteiger partial charge >= 0.3 is 0 Å². The van der Waals surface area contributed by atoms with Crippen molar-refractivity contribution in [2.75, 3.05) is 0 Å². The summed E-state index contributed by atoms with van der Waals surface area (Å²) in [6.45, 7) is 0. The fraction of sp³-hybridized carbons (Fsp3) is 0.0833. The monoisotopic (exact) mass is 187 g/mol. The van der Waals surface area contributed by atoms with Crippen LogP contribution in [-0.2, 0) is 0 Å². The summed E-state index contributed by atoms with van der Waals surface area (Å²) in [6.07, 6.45) is 9.61. The van der Waals surface area contributed by atoms with Crippen LogP contribution in [-0.4, -0.2) is 0 Å². The third kappa shape index (κ3) is 2.49. The first-order valence-corrected chi connectivity index (χ1v) is 5.19. The Labute approximate surface area is 83.4 Å². The summed E-state index contributed by atoms with van der Waals surface area (Å²) in [4.78, 5) is 1.32. The van der Waals surface area contributed by atoms with Crippen LogP contribution >= 0.6 is 11.8 Å². The predicted molar refractivity (Wildman–Crippen MR) is 58.4 cm³/mol. The van der Waals surface area contributed by atoms with E-state index in [-0.39, 0.29) is 0 Å². The molecular formula is C12H11S. The van der Waals surface area contributed by atoms with Crippen molar-refractivity contribution in [2.45, 2.75) is 11.3 Å². The Morgan fingerprint density at radius 2 is 1.85 bits per heavy atom. The lowest BCUT2D eigenvalue weighted by molar-refractivity contribution is 1.21. The molecule has 1 radical (unpaired) electrons. The molecule has 0 saturated carbocycles. The quantitative estimate of drug-likeness (QED) is 0.678. The van der Waals surface area contributed by atoms with Crippen molar-refractivity contribution in [3.05, 3.63) is 59.9 Å². The van der Waals surface area contributed by atoms with Gasteiger partial charge in [0.25, 0.3) is 0 Å². The van der Waals surface area contributed by atoms with E-state index in [1.807, 2.05) is 17.8 Å². The van der Waals surface area contributed by atoms with Gasteiger partial charge in [-0.25, -0.2) is 0 Å². The van der Waals surface area contributed by atoms with Crippen LogP contribution in [0.15, 0.2) is 59.5 Å². The molecule has 1 aliphatic rings. The maximum absolute atomic E-state index is 2.19. The molecule has 0 heterocycles. The van der Waals surface area contributed by atoms with Gasteiger partial charge in [-0.1, -0.05) is 42.5 Å². The van der Waals surface area contributed by atoms with E-state index >= 15 is 0 Å². The van der Waals surface area contributed by atoms with Gasteiger partial charge < -0.3 is 0 Å². The molecule has 1 heteroatoms. The molecule has 1 aromatic carbocycles. The summed E-state index contributed by atoms with van der Waals surface area (Å²) >= 11 is 1.84. The standard InChI is InChI=1S/C12H11S/c1-3-7-11(8-4-1)13-12-9-5-2-6-10-12/h1-9H,10H2. The van der Waals surface area contributed by atoms with Crippen LogP contribution in [0.25, 0.3) is 0 Å². The molecule has 0 atom stereocenters. The molecule has 0 aliphatic heterocycles. The van der Waals surface area contributed by atoms with Gasteiger partial charge in [-0.3, -0.25) is 0 Å². The molecule has 0 bridgehead atoms. The highest BCUT2D eigenvalue weighted by Gasteiger charge is 2.06. The molecule has 0 spiro atoms. The van der Waals surface area contributed by atoms with E-state index in [0.717, 1.165) is 6.42 Å². The minimum atomic E-state index is 1.07. The van der Waals surface area contributed by atoms with Crippen molar-refractivity contribution in [2.24, 2.45) is 0 Å². The van der Waals surface area contributed by atoms with Crippen LogP contribution in [0.1, 0.15) is 6.42 Å². The number of allylic oxidation sites excluding steroid dienone is 3. The van der Waals surface area contributed by atoms with E-state index in [2.05, 4.69) is 48.6 Å². The summed E-state index contributed by atoms with van der Waals surface area (Å²) < 4.78 is 0. The van der Waals surface area contributed by atoms with Crippen molar-refractivity contribution in [3.8, 4) is 0 Å². The van der Waals surface area contributed by atoms with Gasteiger partial charge in [-0.15, -0.1) is 11.8 Å². The van der Waals surface area contributed by atoms with Crippen LogP contribution < -0.4 is 0 Å². The van der Waals surface area contributed by atoms with E-state index in [9.17, 15) is 0 Å². The molecule has 1 aromatic rings. The topological polar surface area (TPSA) is 0 Å². The third-order valence-electron chi connectivity index (χ3n) is 1.84. The molecule has 0 nitrogen and oxygen atoms in total. The Hall–Kier alpha value is -0.950. The minimum Gasteiger partial charge on any atom is -0.113 e. The van der Waals surface area contributed by atoms with E-state index in [4.69, 9.17) is 0 Å². The second kappa shape index (κ2) is 4.33. The molecule has 0 aromatic heterocycles. The Kier molecular flexibility index (Phi) is 2.88. The maximum Gasteiger partial charge on any atom is 0.0611 e. The average Bonchev–Trinajstić information content (AvgIpc) is 2.21. The van der Waals surface area contributed by atoms with Gasteiger partial charge in [0, 0.05) is 4.90 Å². The smallest absolute Gasteiger partial charge is 0.0611 e. The normalized spacial score (nSPS) is 16.3. The third-order valence-corrected chi connectivity index (χ3v) is 2.91. The number of hydrogen-bond acceptors (Lipinski definition) is 1. The highest BCUT2D eigenvalue weighted by atomic mass is 32.2.